The summed E-state index contributed by atoms with van der Waals surface area (Å²) in [5, 5.41) is 3.04. The van der Waals surface area contributed by atoms with Crippen LogP contribution < -0.4 is 10.1 Å². The third-order valence-corrected chi connectivity index (χ3v) is 4.33. The monoisotopic (exact) mass is 325 g/mol. The molecule has 24 heavy (non-hydrogen) atoms. The van der Waals surface area contributed by atoms with E-state index in [0.717, 1.165) is 29.7 Å². The van der Waals surface area contributed by atoms with Crippen LogP contribution in [0.25, 0.3) is 0 Å². The Balaban J connectivity index is 1.83. The molecule has 0 unspecified atom stereocenters. The molecule has 1 amide bonds. The Hall–Kier alpha value is -2.29. The third-order valence-electron chi connectivity index (χ3n) is 4.33. The predicted octanol–water partition coefficient (Wildman–Crippen LogP) is 4.21. The molecule has 0 radical (unpaired) electrons. The van der Waals surface area contributed by atoms with Gasteiger partial charge in [-0.25, -0.2) is 0 Å². The first kappa shape index (κ1) is 18.1. The summed E-state index contributed by atoms with van der Waals surface area (Å²) in [4.78, 5) is 12.3. The van der Waals surface area contributed by atoms with Crippen molar-refractivity contribution in [1.82, 2.24) is 5.32 Å². The van der Waals surface area contributed by atoms with Gasteiger partial charge in [-0.05, 0) is 63.3 Å². The van der Waals surface area contributed by atoms with Gasteiger partial charge in [0, 0.05) is 6.04 Å². The van der Waals surface area contributed by atoms with Crippen molar-refractivity contribution in [2.75, 3.05) is 0 Å². The van der Waals surface area contributed by atoms with Gasteiger partial charge in [0.15, 0.2) is 6.10 Å². The van der Waals surface area contributed by atoms with Gasteiger partial charge in [0.1, 0.15) is 5.75 Å². The zero-order valence-electron chi connectivity index (χ0n) is 15.0. The highest BCUT2D eigenvalue weighted by molar-refractivity contribution is 5.81. The summed E-state index contributed by atoms with van der Waals surface area (Å²) in [7, 11) is 0. The molecule has 0 saturated carbocycles. The Morgan fingerprint density at radius 1 is 1.04 bits per heavy atom. The van der Waals surface area contributed by atoms with E-state index in [1.165, 1.54) is 5.56 Å². The van der Waals surface area contributed by atoms with Crippen molar-refractivity contribution in [2.24, 2.45) is 0 Å². The molecule has 0 spiro atoms. The number of benzene rings is 2. The molecule has 0 fully saturated rings. The first-order valence-corrected chi connectivity index (χ1v) is 8.54. The van der Waals surface area contributed by atoms with E-state index in [0.29, 0.717) is 0 Å². The summed E-state index contributed by atoms with van der Waals surface area (Å²) in [6.07, 6.45) is 1.35. The van der Waals surface area contributed by atoms with Crippen LogP contribution >= 0.6 is 0 Å². The lowest BCUT2D eigenvalue weighted by Gasteiger charge is -2.20. The van der Waals surface area contributed by atoms with Gasteiger partial charge in [-0.2, -0.15) is 0 Å². The van der Waals surface area contributed by atoms with Crippen LogP contribution in [-0.2, 0) is 11.2 Å². The van der Waals surface area contributed by atoms with Crippen LogP contribution in [0.2, 0.25) is 0 Å². The molecule has 0 aromatic heterocycles. The van der Waals surface area contributed by atoms with Crippen LogP contribution in [0, 0.1) is 13.8 Å². The number of carbonyl (C=O) groups is 1. The molecule has 3 nitrogen and oxygen atoms in total. The molecule has 3 heteroatoms. The summed E-state index contributed by atoms with van der Waals surface area (Å²) in [6, 6.07) is 16.3. The summed E-state index contributed by atoms with van der Waals surface area (Å²) >= 11 is 0. The molecular formula is C21H27NO2. The molecule has 128 valence electrons. The smallest absolute Gasteiger partial charge is 0.260 e. The van der Waals surface area contributed by atoms with Crippen LogP contribution in [-0.4, -0.2) is 18.1 Å². The first-order chi connectivity index (χ1) is 11.5. The summed E-state index contributed by atoms with van der Waals surface area (Å²) in [5.74, 6) is 0.700. The maximum absolute atomic E-state index is 12.3. The normalized spacial score (nSPS) is 13.2. The molecule has 0 saturated heterocycles. The Labute approximate surface area is 145 Å². The van der Waals surface area contributed by atoms with Gasteiger partial charge in [0.2, 0.25) is 0 Å². The fourth-order valence-corrected chi connectivity index (χ4v) is 2.56. The molecular weight excluding hydrogens is 298 g/mol. The fraction of sp³-hybridized carbons (Fsp3) is 0.381. The molecule has 0 aliphatic carbocycles. The van der Waals surface area contributed by atoms with Gasteiger partial charge in [-0.3, -0.25) is 4.79 Å². The van der Waals surface area contributed by atoms with Crippen molar-refractivity contribution in [2.45, 2.75) is 52.7 Å². The Bertz CT molecular complexity index is 667. The standard InChI is InChI=1S/C21H27NO2/c1-15-9-8-12-20(17(15)3)24-18(4)21(23)22-16(2)13-14-19-10-6-5-7-11-19/h5-12,16,18H,13-14H2,1-4H3,(H,22,23)/t16-,18+/m0/s1. The number of ether oxygens (including phenoxy) is 1. The number of carbonyl (C=O) groups excluding carboxylic acids is 1. The fourth-order valence-electron chi connectivity index (χ4n) is 2.56. The van der Waals surface area contributed by atoms with E-state index >= 15 is 0 Å². The van der Waals surface area contributed by atoms with Gasteiger partial charge >= 0.3 is 0 Å². The number of amides is 1. The average molecular weight is 325 g/mol. The van der Waals surface area contributed by atoms with Crippen molar-refractivity contribution in [3.63, 3.8) is 0 Å². The van der Waals surface area contributed by atoms with Crippen LogP contribution in [0.15, 0.2) is 48.5 Å². The Morgan fingerprint density at radius 2 is 1.75 bits per heavy atom. The summed E-state index contributed by atoms with van der Waals surface area (Å²) in [5.41, 5.74) is 3.53. The van der Waals surface area contributed by atoms with Crippen molar-refractivity contribution in [3.8, 4) is 5.75 Å². The van der Waals surface area contributed by atoms with E-state index in [9.17, 15) is 4.79 Å². The Morgan fingerprint density at radius 3 is 2.46 bits per heavy atom. The second-order valence-electron chi connectivity index (χ2n) is 6.39. The largest absolute Gasteiger partial charge is 0.481 e. The molecule has 2 rings (SSSR count). The quantitative estimate of drug-likeness (QED) is 0.828. The lowest BCUT2D eigenvalue weighted by Crippen LogP contribution is -2.41. The number of rotatable bonds is 7. The highest BCUT2D eigenvalue weighted by Gasteiger charge is 2.17. The number of nitrogens with one attached hydrogen (secondary N) is 1. The van der Waals surface area contributed by atoms with Crippen molar-refractivity contribution in [1.29, 1.82) is 0 Å². The second kappa shape index (κ2) is 8.53. The summed E-state index contributed by atoms with van der Waals surface area (Å²) in [6.45, 7) is 7.88. The maximum Gasteiger partial charge on any atom is 0.260 e. The first-order valence-electron chi connectivity index (χ1n) is 8.54. The van der Waals surface area contributed by atoms with Crippen molar-refractivity contribution >= 4 is 5.91 Å². The molecule has 2 aromatic rings. The van der Waals surface area contributed by atoms with Gasteiger partial charge in [0.05, 0.1) is 0 Å². The summed E-state index contributed by atoms with van der Waals surface area (Å²) < 4.78 is 5.84. The minimum atomic E-state index is -0.510. The lowest BCUT2D eigenvalue weighted by atomic mass is 10.1. The van der Waals surface area contributed by atoms with Gasteiger partial charge < -0.3 is 10.1 Å². The average Bonchev–Trinajstić information content (AvgIpc) is 2.58. The molecule has 0 heterocycles. The number of aryl methyl sites for hydroxylation is 2. The minimum Gasteiger partial charge on any atom is -0.481 e. The second-order valence-corrected chi connectivity index (χ2v) is 6.39. The topological polar surface area (TPSA) is 38.3 Å². The van der Waals surface area contributed by atoms with Crippen molar-refractivity contribution < 1.29 is 9.53 Å². The van der Waals surface area contributed by atoms with E-state index in [1.54, 1.807) is 6.92 Å². The molecule has 1 N–H and O–H groups in total. The molecule has 0 bridgehead atoms. The number of hydrogen-bond acceptors (Lipinski definition) is 2. The highest BCUT2D eigenvalue weighted by atomic mass is 16.5. The number of hydrogen-bond donors (Lipinski definition) is 1. The third kappa shape index (κ3) is 5.12. The maximum atomic E-state index is 12.3. The van der Waals surface area contributed by atoms with Gasteiger partial charge in [-0.1, -0.05) is 42.5 Å². The van der Waals surface area contributed by atoms with E-state index in [4.69, 9.17) is 4.74 Å². The Kier molecular flexibility index (Phi) is 6.42. The van der Waals surface area contributed by atoms with E-state index in [-0.39, 0.29) is 11.9 Å². The minimum absolute atomic E-state index is 0.0727. The van der Waals surface area contributed by atoms with E-state index in [1.807, 2.05) is 57.2 Å². The van der Waals surface area contributed by atoms with Crippen LogP contribution in [0.5, 0.6) is 5.75 Å². The van der Waals surface area contributed by atoms with Gasteiger partial charge in [-0.15, -0.1) is 0 Å². The van der Waals surface area contributed by atoms with Gasteiger partial charge in [0.25, 0.3) is 5.91 Å². The molecule has 0 aliphatic rings. The van der Waals surface area contributed by atoms with E-state index < -0.39 is 6.10 Å². The predicted molar refractivity (Wildman–Crippen MR) is 98.4 cm³/mol. The molecule has 0 aliphatic heterocycles. The zero-order valence-corrected chi connectivity index (χ0v) is 15.0. The lowest BCUT2D eigenvalue weighted by molar-refractivity contribution is -0.127. The van der Waals surface area contributed by atoms with Crippen LogP contribution in [0.3, 0.4) is 0 Å². The molecule has 2 atom stereocenters. The van der Waals surface area contributed by atoms with Crippen LogP contribution in [0.4, 0.5) is 0 Å². The van der Waals surface area contributed by atoms with Crippen molar-refractivity contribution in [3.05, 3.63) is 65.2 Å². The van der Waals surface area contributed by atoms with E-state index in [2.05, 4.69) is 17.4 Å². The zero-order chi connectivity index (χ0) is 17.5. The highest BCUT2D eigenvalue weighted by Crippen LogP contribution is 2.21. The van der Waals surface area contributed by atoms with Crippen LogP contribution in [0.1, 0.15) is 37.0 Å². The molecule has 2 aromatic carbocycles. The SMILES string of the molecule is Cc1cccc(O[C@H](C)C(=O)N[C@@H](C)CCc2ccccc2)c1C.